The van der Waals surface area contributed by atoms with Gasteiger partial charge in [0, 0.05) is 57.2 Å². The summed E-state index contributed by atoms with van der Waals surface area (Å²) in [7, 11) is 1.40. The molecule has 6 heterocycles. The number of halogens is 4. The van der Waals surface area contributed by atoms with Crippen LogP contribution in [0.5, 0.6) is 0 Å². The van der Waals surface area contributed by atoms with Crippen LogP contribution in [0.2, 0.25) is 5.02 Å². The summed E-state index contributed by atoms with van der Waals surface area (Å²) in [5.74, 6) is -1.20. The standard InChI is InChI=1S/C31H30ClF3N12O3.CH2O2/c1-44-23(21-16-47(43-24(21)31(33,34)35)30-38-13-18-14-39-42-25(18)41-30)15-37-26(44)27(48)40-19-2-3-20(22(32)12-19)29(50)46-10-8-45(9-11-46)28(49)17-4-6-36-7-5-17;2-1-3/h2-3,12-17,36H,4-11H2,1H3,(H,40,48)(H,38,39,41,42);1H,(H,2,3). The number of benzene rings is 1. The van der Waals surface area contributed by atoms with E-state index in [1.165, 1.54) is 42.2 Å². The smallest absolute Gasteiger partial charge is 0.435 e. The topological polar surface area (TPSA) is 209 Å². The molecular formula is C32H32ClF3N12O5. The molecule has 7 rings (SSSR count). The molecule has 4 aromatic heterocycles. The number of piperidine rings is 1. The van der Waals surface area contributed by atoms with Crippen molar-refractivity contribution in [2.24, 2.45) is 13.0 Å². The third-order valence-electron chi connectivity index (χ3n) is 8.86. The molecule has 2 fully saturated rings. The minimum Gasteiger partial charge on any atom is -0.483 e. The van der Waals surface area contributed by atoms with Crippen LogP contribution in [0.25, 0.3) is 28.2 Å². The van der Waals surface area contributed by atoms with Gasteiger partial charge in [-0.05, 0) is 44.1 Å². The normalized spacial score (nSPS) is 15.2. The number of imidazole rings is 1. The van der Waals surface area contributed by atoms with Gasteiger partial charge in [0.2, 0.25) is 5.91 Å². The lowest BCUT2D eigenvalue weighted by Gasteiger charge is -2.37. The van der Waals surface area contributed by atoms with Gasteiger partial charge in [-0.15, -0.1) is 0 Å². The Kier molecular flexibility index (Phi) is 10.7. The Balaban J connectivity index is 0.00000155. The molecule has 0 saturated carbocycles. The van der Waals surface area contributed by atoms with E-state index in [-0.39, 0.29) is 63.5 Å². The number of H-pyrrole nitrogens is 1. The second-order valence-corrected chi connectivity index (χ2v) is 12.5. The van der Waals surface area contributed by atoms with Gasteiger partial charge in [0.05, 0.1) is 39.6 Å². The lowest BCUT2D eigenvalue weighted by atomic mass is 9.96. The number of nitrogens with zero attached hydrogens (tertiary/aromatic N) is 9. The average molecular weight is 757 g/mol. The fourth-order valence-corrected chi connectivity index (χ4v) is 6.43. The first-order chi connectivity index (χ1) is 25.4. The number of rotatable bonds is 6. The number of piperazine rings is 1. The van der Waals surface area contributed by atoms with Gasteiger partial charge in [0.15, 0.2) is 17.2 Å². The number of hydrogen-bond donors (Lipinski definition) is 4. The first kappa shape index (κ1) is 36.9. The van der Waals surface area contributed by atoms with E-state index in [2.05, 4.69) is 40.9 Å². The second-order valence-electron chi connectivity index (χ2n) is 12.1. The third kappa shape index (κ3) is 7.82. The predicted molar refractivity (Wildman–Crippen MR) is 182 cm³/mol. The Morgan fingerprint density at radius 1 is 1.04 bits per heavy atom. The molecule has 0 radical (unpaired) electrons. The van der Waals surface area contributed by atoms with Gasteiger partial charge in [0.1, 0.15) is 0 Å². The lowest BCUT2D eigenvalue weighted by molar-refractivity contribution is -0.141. The molecular weight excluding hydrogens is 725 g/mol. The number of aromatic nitrogens is 8. The van der Waals surface area contributed by atoms with Crippen molar-refractivity contribution < 1.29 is 37.5 Å². The molecule has 0 bridgehead atoms. The van der Waals surface area contributed by atoms with E-state index >= 15 is 0 Å². The zero-order valence-electron chi connectivity index (χ0n) is 28.0. The number of hydrogen-bond acceptors (Lipinski definition) is 10. The summed E-state index contributed by atoms with van der Waals surface area (Å²) in [6.07, 6.45) is 1.90. The molecule has 4 N–H and O–H groups in total. The maximum Gasteiger partial charge on any atom is 0.435 e. The molecule has 2 saturated heterocycles. The van der Waals surface area contributed by atoms with E-state index in [9.17, 15) is 27.6 Å². The fraction of sp³-hybridized carbons (Fsp3) is 0.344. The predicted octanol–water partition coefficient (Wildman–Crippen LogP) is 2.85. The first-order valence-electron chi connectivity index (χ1n) is 16.2. The van der Waals surface area contributed by atoms with Crippen molar-refractivity contribution >= 4 is 52.5 Å². The SMILES string of the molecule is Cn1c(-c2cn(-c3ncc4cn[nH]c4n3)nc2C(F)(F)F)cnc1C(=O)Nc1ccc(C(=O)N2CCN(C(=O)C3CCNCC3)CC2)c(Cl)c1.O=CO. The molecule has 53 heavy (non-hydrogen) atoms. The van der Waals surface area contributed by atoms with Crippen LogP contribution in [0.3, 0.4) is 0 Å². The summed E-state index contributed by atoms with van der Waals surface area (Å²) < 4.78 is 44.5. The van der Waals surface area contributed by atoms with Crippen LogP contribution in [0.4, 0.5) is 18.9 Å². The van der Waals surface area contributed by atoms with Crippen molar-refractivity contribution in [1.29, 1.82) is 0 Å². The number of carbonyl (C=O) groups excluding carboxylic acids is 3. The van der Waals surface area contributed by atoms with E-state index in [1.807, 2.05) is 4.90 Å². The highest BCUT2D eigenvalue weighted by atomic mass is 35.5. The van der Waals surface area contributed by atoms with Crippen LogP contribution < -0.4 is 10.6 Å². The molecule has 0 spiro atoms. The molecule has 2 aliphatic heterocycles. The summed E-state index contributed by atoms with van der Waals surface area (Å²) in [6, 6.07) is 4.40. The zero-order chi connectivity index (χ0) is 37.9. The van der Waals surface area contributed by atoms with Crippen molar-refractivity contribution in [3.05, 3.63) is 65.1 Å². The Morgan fingerprint density at radius 2 is 1.74 bits per heavy atom. The summed E-state index contributed by atoms with van der Waals surface area (Å²) in [6.45, 7) is 3.01. The van der Waals surface area contributed by atoms with E-state index in [4.69, 9.17) is 21.5 Å². The Hall–Kier alpha value is -5.89. The number of alkyl halides is 3. The van der Waals surface area contributed by atoms with Crippen LogP contribution in [-0.2, 0) is 22.8 Å². The molecule has 0 atom stereocenters. The maximum absolute atomic E-state index is 14.1. The zero-order valence-corrected chi connectivity index (χ0v) is 28.7. The minimum absolute atomic E-state index is 0.00818. The Bertz CT molecular complexity index is 2150. The summed E-state index contributed by atoms with van der Waals surface area (Å²) in [5.41, 5.74) is -0.808. The average Bonchev–Trinajstić information content (AvgIpc) is 3.90. The summed E-state index contributed by atoms with van der Waals surface area (Å²) in [4.78, 5) is 63.6. The minimum atomic E-state index is -4.85. The second kappa shape index (κ2) is 15.4. The van der Waals surface area contributed by atoms with Crippen molar-refractivity contribution in [3.8, 4) is 17.2 Å². The number of carbonyl (C=O) groups is 4. The van der Waals surface area contributed by atoms with Gasteiger partial charge < -0.3 is 30.1 Å². The van der Waals surface area contributed by atoms with Crippen molar-refractivity contribution in [3.63, 3.8) is 0 Å². The van der Waals surface area contributed by atoms with Gasteiger partial charge in [-0.2, -0.15) is 28.4 Å². The quantitative estimate of drug-likeness (QED) is 0.185. The van der Waals surface area contributed by atoms with E-state index in [0.717, 1.165) is 43.0 Å². The highest BCUT2D eigenvalue weighted by Crippen LogP contribution is 2.37. The summed E-state index contributed by atoms with van der Waals surface area (Å²) >= 11 is 6.49. The molecule has 0 unspecified atom stereocenters. The third-order valence-corrected chi connectivity index (χ3v) is 9.17. The number of amides is 3. The van der Waals surface area contributed by atoms with Gasteiger partial charge in [-0.25, -0.2) is 14.6 Å². The largest absolute Gasteiger partial charge is 0.483 e. The van der Waals surface area contributed by atoms with Crippen LogP contribution >= 0.6 is 11.6 Å². The van der Waals surface area contributed by atoms with E-state index in [0.29, 0.717) is 37.2 Å². The highest BCUT2D eigenvalue weighted by molar-refractivity contribution is 6.34. The van der Waals surface area contributed by atoms with Gasteiger partial charge in [0.25, 0.3) is 24.2 Å². The summed E-state index contributed by atoms with van der Waals surface area (Å²) in [5, 5.41) is 23.6. The van der Waals surface area contributed by atoms with Gasteiger partial charge in [-0.1, -0.05) is 11.6 Å². The molecule has 1 aromatic carbocycles. The monoisotopic (exact) mass is 756 g/mol. The van der Waals surface area contributed by atoms with Crippen LogP contribution in [-0.4, -0.2) is 118 Å². The Morgan fingerprint density at radius 3 is 2.42 bits per heavy atom. The van der Waals surface area contributed by atoms with Crippen LogP contribution in [0, 0.1) is 5.92 Å². The molecule has 5 aromatic rings. The van der Waals surface area contributed by atoms with E-state index < -0.39 is 17.8 Å². The number of carboxylic acid groups (broad SMARTS) is 1. The van der Waals surface area contributed by atoms with Gasteiger partial charge in [-0.3, -0.25) is 24.3 Å². The molecule has 21 heteroatoms. The molecule has 3 amide bonds. The molecule has 17 nitrogen and oxygen atoms in total. The highest BCUT2D eigenvalue weighted by Gasteiger charge is 2.39. The molecule has 0 aliphatic carbocycles. The maximum atomic E-state index is 14.1. The van der Waals surface area contributed by atoms with Crippen molar-refractivity contribution in [1.82, 2.24) is 54.6 Å². The fourth-order valence-electron chi connectivity index (χ4n) is 6.16. The van der Waals surface area contributed by atoms with Gasteiger partial charge >= 0.3 is 6.18 Å². The van der Waals surface area contributed by atoms with E-state index in [1.54, 1.807) is 4.90 Å². The van der Waals surface area contributed by atoms with Crippen LogP contribution in [0.15, 0.2) is 43.0 Å². The first-order valence-corrected chi connectivity index (χ1v) is 16.6. The molecule has 278 valence electrons. The molecule has 2 aliphatic rings. The lowest BCUT2D eigenvalue weighted by Crippen LogP contribution is -2.52. The Labute approximate surface area is 303 Å². The van der Waals surface area contributed by atoms with Crippen LogP contribution in [0.1, 0.15) is 39.5 Å². The number of aromatic amines is 1. The number of fused-ring (bicyclic) bond motifs is 1. The van der Waals surface area contributed by atoms with Crippen molar-refractivity contribution in [2.75, 3.05) is 44.6 Å². The number of nitrogens with one attached hydrogen (secondary N) is 3. The van der Waals surface area contributed by atoms with Crippen molar-refractivity contribution in [2.45, 2.75) is 19.0 Å². The number of anilines is 1.